The second kappa shape index (κ2) is 13.8. The predicted molar refractivity (Wildman–Crippen MR) is 159 cm³/mol. The lowest BCUT2D eigenvalue weighted by Gasteiger charge is -2.43. The molecule has 0 saturated heterocycles. The smallest absolute Gasteiger partial charge is 0.124 e. The van der Waals surface area contributed by atoms with Crippen LogP contribution >= 0.6 is 0 Å². The number of hydrogen-bond donors (Lipinski definition) is 4. The highest BCUT2D eigenvalue weighted by atomic mass is 16.3. The van der Waals surface area contributed by atoms with E-state index in [1.54, 1.807) is 0 Å². The molecule has 0 radical (unpaired) electrons. The largest absolute Gasteiger partial charge is 0.507 e. The molecule has 6 heteroatoms. The van der Waals surface area contributed by atoms with Crippen molar-refractivity contribution in [1.29, 1.82) is 0 Å². The van der Waals surface area contributed by atoms with Gasteiger partial charge in [0.2, 0.25) is 0 Å². The van der Waals surface area contributed by atoms with E-state index in [4.69, 9.17) is 0 Å². The van der Waals surface area contributed by atoms with Crippen molar-refractivity contribution in [3.63, 3.8) is 0 Å². The van der Waals surface area contributed by atoms with Gasteiger partial charge in [-0.25, -0.2) is 0 Å². The minimum Gasteiger partial charge on any atom is -0.507 e. The van der Waals surface area contributed by atoms with Crippen LogP contribution in [-0.2, 0) is 13.1 Å². The first-order chi connectivity index (χ1) is 18.1. The molecule has 2 aromatic carbocycles. The van der Waals surface area contributed by atoms with Crippen LogP contribution in [0.25, 0.3) is 0 Å². The van der Waals surface area contributed by atoms with Gasteiger partial charge in [0.05, 0.1) is 0 Å². The summed E-state index contributed by atoms with van der Waals surface area (Å²) >= 11 is 0. The van der Waals surface area contributed by atoms with Gasteiger partial charge in [-0.05, 0) is 67.7 Å². The van der Waals surface area contributed by atoms with Crippen LogP contribution in [0.4, 0.5) is 0 Å². The van der Waals surface area contributed by atoms with Gasteiger partial charge in [0, 0.05) is 59.5 Å². The van der Waals surface area contributed by atoms with Crippen LogP contribution in [0.2, 0.25) is 0 Å². The zero-order chi connectivity index (χ0) is 28.0. The van der Waals surface area contributed by atoms with E-state index in [1.807, 2.05) is 0 Å². The Hall–Kier alpha value is -2.12. The number of phenolic OH excluding ortho intramolecular Hbond substituents is 2. The fourth-order valence-corrected chi connectivity index (χ4v) is 6.39. The van der Waals surface area contributed by atoms with Crippen molar-refractivity contribution in [3.05, 3.63) is 57.6 Å². The van der Waals surface area contributed by atoms with Crippen LogP contribution in [0, 0.1) is 13.8 Å². The highest BCUT2D eigenvalue weighted by Crippen LogP contribution is 2.35. The lowest BCUT2D eigenvalue weighted by molar-refractivity contribution is 0.0684. The average molecular weight is 525 g/mol. The number of nitrogens with one attached hydrogen (secondary N) is 2. The van der Waals surface area contributed by atoms with Gasteiger partial charge in [-0.2, -0.15) is 0 Å². The Balaban J connectivity index is 1.80. The number of aryl methyl sites for hydroxylation is 2. The molecule has 4 atom stereocenters. The molecule has 4 N–H and O–H groups in total. The van der Waals surface area contributed by atoms with E-state index in [1.165, 1.54) is 24.0 Å². The molecule has 1 saturated carbocycles. The van der Waals surface area contributed by atoms with Gasteiger partial charge in [0.25, 0.3) is 0 Å². The van der Waals surface area contributed by atoms with Crippen molar-refractivity contribution in [3.8, 4) is 11.5 Å². The van der Waals surface area contributed by atoms with Crippen molar-refractivity contribution in [2.24, 2.45) is 0 Å². The van der Waals surface area contributed by atoms with Crippen LogP contribution in [0.3, 0.4) is 0 Å². The third kappa shape index (κ3) is 7.29. The molecule has 212 valence electrons. The van der Waals surface area contributed by atoms with E-state index < -0.39 is 0 Å². The quantitative estimate of drug-likeness (QED) is 0.276. The molecule has 0 aromatic heterocycles. The highest BCUT2D eigenvalue weighted by molar-refractivity contribution is 5.46. The lowest BCUT2D eigenvalue weighted by atomic mass is 9.87. The van der Waals surface area contributed by atoms with Gasteiger partial charge in [0.15, 0.2) is 0 Å². The van der Waals surface area contributed by atoms with Crippen LogP contribution in [0.5, 0.6) is 11.5 Å². The van der Waals surface area contributed by atoms with Gasteiger partial charge in [-0.3, -0.25) is 9.80 Å². The fourth-order valence-electron chi connectivity index (χ4n) is 6.39. The number of likely N-dealkylation sites (N-methyl/N-ethyl adjacent to an activating group) is 2. The Bertz CT molecular complexity index is 973. The summed E-state index contributed by atoms with van der Waals surface area (Å²) in [5.41, 5.74) is 6.31. The molecule has 0 bridgehead atoms. The predicted octanol–water partition coefficient (Wildman–Crippen LogP) is 5.93. The summed E-state index contributed by atoms with van der Waals surface area (Å²) < 4.78 is 0. The Morgan fingerprint density at radius 1 is 0.737 bits per heavy atom. The number of nitrogens with zero attached hydrogens (tertiary/aromatic N) is 2. The number of phenols is 2. The summed E-state index contributed by atoms with van der Waals surface area (Å²) in [4.78, 5) is 4.87. The van der Waals surface area contributed by atoms with Crippen LogP contribution in [-0.4, -0.2) is 59.3 Å². The van der Waals surface area contributed by atoms with E-state index in [-0.39, 0.29) is 12.1 Å². The molecule has 1 fully saturated rings. The molecule has 1 aliphatic rings. The molecular weight excluding hydrogens is 472 g/mol. The van der Waals surface area contributed by atoms with E-state index in [0.29, 0.717) is 36.7 Å². The minimum atomic E-state index is 0.111. The second-order valence-electron chi connectivity index (χ2n) is 11.5. The number of rotatable bonds is 12. The summed E-state index contributed by atoms with van der Waals surface area (Å²) in [6.07, 6.45) is 4.73. The molecule has 0 amide bonds. The van der Waals surface area contributed by atoms with Gasteiger partial charge >= 0.3 is 0 Å². The zero-order valence-electron chi connectivity index (χ0n) is 25.1. The van der Waals surface area contributed by atoms with Gasteiger partial charge in [-0.15, -0.1) is 0 Å². The maximum absolute atomic E-state index is 11.2. The molecular formula is C32H52N4O2. The minimum absolute atomic E-state index is 0.111. The van der Waals surface area contributed by atoms with Crippen molar-refractivity contribution >= 4 is 0 Å². The monoisotopic (exact) mass is 524 g/mol. The second-order valence-corrected chi connectivity index (χ2v) is 11.5. The van der Waals surface area contributed by atoms with Crippen molar-refractivity contribution < 1.29 is 10.2 Å². The molecule has 1 aliphatic carbocycles. The van der Waals surface area contributed by atoms with Crippen LogP contribution < -0.4 is 10.6 Å². The fraction of sp³-hybridized carbons (Fsp3) is 0.625. The van der Waals surface area contributed by atoms with Gasteiger partial charge < -0.3 is 20.8 Å². The summed E-state index contributed by atoms with van der Waals surface area (Å²) in [5.74, 6) is 0.840. The molecule has 4 unspecified atom stereocenters. The summed E-state index contributed by atoms with van der Waals surface area (Å²) in [6, 6.07) is 9.46. The first-order valence-corrected chi connectivity index (χ1v) is 14.6. The van der Waals surface area contributed by atoms with Gasteiger partial charge in [-0.1, -0.05) is 62.1 Å². The highest BCUT2D eigenvalue weighted by Gasteiger charge is 2.32. The third-order valence-electron chi connectivity index (χ3n) is 8.34. The Morgan fingerprint density at radius 3 is 1.45 bits per heavy atom. The number of aromatic hydroxyl groups is 2. The van der Waals surface area contributed by atoms with Gasteiger partial charge in [0.1, 0.15) is 11.5 Å². The average Bonchev–Trinajstić information content (AvgIpc) is 2.88. The standard InChI is InChI=1S/C32H52N4O2/c1-9-33-23(5)27-17-21(3)15-25(31(27)37)19-35(7)29-13-11-12-14-30(29)36(8)20-26-16-22(4)18-28(32(26)38)24(6)34-10-2/h15-18,23-24,29-30,33-34,37-38H,9-14,19-20H2,1-8H3. The van der Waals surface area contributed by atoms with E-state index >= 15 is 0 Å². The molecule has 38 heavy (non-hydrogen) atoms. The first-order valence-electron chi connectivity index (χ1n) is 14.6. The molecule has 3 rings (SSSR count). The SMILES string of the molecule is CCNC(C)c1cc(C)cc(CN(C)C2CCCCC2N(C)Cc2cc(C)cc(C(C)NCC)c2O)c1O. The third-order valence-corrected chi connectivity index (χ3v) is 8.34. The van der Waals surface area contributed by atoms with Crippen LogP contribution in [0.1, 0.15) is 98.8 Å². The van der Waals surface area contributed by atoms with E-state index in [2.05, 4.69) is 100 Å². The normalized spacial score (nSPS) is 19.7. The molecule has 0 spiro atoms. The van der Waals surface area contributed by atoms with E-state index in [9.17, 15) is 10.2 Å². The molecule has 0 aliphatic heterocycles. The van der Waals surface area contributed by atoms with Crippen molar-refractivity contribution in [2.75, 3.05) is 27.2 Å². The summed E-state index contributed by atoms with van der Waals surface area (Å²) in [7, 11) is 4.40. The maximum Gasteiger partial charge on any atom is 0.124 e. The molecule has 0 heterocycles. The molecule has 2 aromatic rings. The Kier molecular flexibility index (Phi) is 11.0. The summed E-state index contributed by atoms with van der Waals surface area (Å²) in [6.45, 7) is 15.8. The van der Waals surface area contributed by atoms with E-state index in [0.717, 1.165) is 48.2 Å². The lowest BCUT2D eigenvalue weighted by Crippen LogP contribution is -2.50. The zero-order valence-corrected chi connectivity index (χ0v) is 25.1. The topological polar surface area (TPSA) is 71.0 Å². The first kappa shape index (κ1) is 30.4. The summed E-state index contributed by atoms with van der Waals surface area (Å²) in [5, 5.41) is 29.2. The number of hydrogen-bond acceptors (Lipinski definition) is 6. The van der Waals surface area contributed by atoms with Crippen molar-refractivity contribution in [2.45, 2.75) is 104 Å². The number of benzene rings is 2. The van der Waals surface area contributed by atoms with Crippen molar-refractivity contribution in [1.82, 2.24) is 20.4 Å². The van der Waals surface area contributed by atoms with Crippen LogP contribution in [0.15, 0.2) is 24.3 Å². The molecule has 6 nitrogen and oxygen atoms in total. The maximum atomic E-state index is 11.2. The Labute approximate surface area is 231 Å². The Morgan fingerprint density at radius 2 is 1.11 bits per heavy atom.